The molecule has 0 fully saturated rings. The van der Waals surface area contributed by atoms with Crippen molar-refractivity contribution in [3.63, 3.8) is 0 Å². The third-order valence-electron chi connectivity index (χ3n) is 6.72. The number of amides is 1. The summed E-state index contributed by atoms with van der Waals surface area (Å²) in [5, 5.41) is 0. The number of aryl methyl sites for hydroxylation is 1. The van der Waals surface area contributed by atoms with E-state index in [4.69, 9.17) is 14.2 Å². The van der Waals surface area contributed by atoms with Crippen LogP contribution in [-0.2, 0) is 32.6 Å². The third-order valence-corrected chi connectivity index (χ3v) is 7.96. The molecule has 3 aromatic rings. The van der Waals surface area contributed by atoms with Crippen LogP contribution >= 0.6 is 0 Å². The Hall–Kier alpha value is -3.89. The molecule has 3 aromatic carbocycles. The second-order valence-electron chi connectivity index (χ2n) is 10.1. The van der Waals surface area contributed by atoms with Crippen molar-refractivity contribution < 1.29 is 32.2 Å². The van der Waals surface area contributed by atoms with E-state index in [-0.39, 0.29) is 19.1 Å². The molecule has 9 nitrogen and oxygen atoms in total. The number of hydrogen-bond acceptors (Lipinski definition) is 7. The van der Waals surface area contributed by atoms with E-state index in [0.29, 0.717) is 24.3 Å². The van der Waals surface area contributed by atoms with Gasteiger partial charge in [-0.3, -0.25) is 9.69 Å². The number of nitrogens with zero attached hydrogens (tertiary/aromatic N) is 1. The Bertz CT molecular complexity index is 1350. The Balaban J connectivity index is 1.65. The van der Waals surface area contributed by atoms with Gasteiger partial charge in [-0.2, -0.15) is 0 Å². The van der Waals surface area contributed by atoms with Crippen molar-refractivity contribution in [2.24, 2.45) is 5.92 Å². The van der Waals surface area contributed by atoms with Gasteiger partial charge in [0.25, 0.3) is 0 Å². The van der Waals surface area contributed by atoms with Gasteiger partial charge >= 0.3 is 6.09 Å². The lowest BCUT2D eigenvalue weighted by Crippen LogP contribution is -2.45. The van der Waals surface area contributed by atoms with Crippen LogP contribution in [0.1, 0.15) is 37.8 Å². The number of hydrogen-bond donors (Lipinski definition) is 1. The molecular weight excluding hydrogens is 556 g/mol. The smallest absolute Gasteiger partial charge is 0.411 e. The zero-order valence-electron chi connectivity index (χ0n) is 24.4. The Kier molecular flexibility index (Phi) is 12.8. The molecule has 0 aliphatic heterocycles. The SMILES string of the molecule is CCC(C)CN(CS(=O)(=O)NCC(=O)C(CCc1ccccc1)Oc1ccc(OC)cc1)C(=O)OCc1ccccc1. The molecule has 0 radical (unpaired) electrons. The number of carbonyl (C=O) groups is 2. The molecule has 0 spiro atoms. The maximum absolute atomic E-state index is 13.3. The van der Waals surface area contributed by atoms with Gasteiger partial charge in [0.2, 0.25) is 10.0 Å². The van der Waals surface area contributed by atoms with Crippen molar-refractivity contribution in [3.05, 3.63) is 96.1 Å². The first-order chi connectivity index (χ1) is 20.2. The van der Waals surface area contributed by atoms with Crippen LogP contribution in [0.25, 0.3) is 0 Å². The summed E-state index contributed by atoms with van der Waals surface area (Å²) in [5.41, 5.74) is 1.82. The standard InChI is InChI=1S/C32H40N2O7S/c1-4-25(2)22-34(32(36)40-23-27-13-9-6-10-14-27)24-42(37,38)33-21-30(35)31(20-15-26-11-7-5-8-12-26)41-29-18-16-28(39-3)17-19-29/h5-14,16-19,25,31,33H,4,15,20-24H2,1-3H3. The fraction of sp³-hybridized carbons (Fsp3) is 0.375. The largest absolute Gasteiger partial charge is 0.497 e. The number of rotatable bonds is 17. The summed E-state index contributed by atoms with van der Waals surface area (Å²) in [4.78, 5) is 27.3. The van der Waals surface area contributed by atoms with E-state index in [1.165, 1.54) is 0 Å². The highest BCUT2D eigenvalue weighted by molar-refractivity contribution is 7.89. The molecule has 10 heteroatoms. The molecule has 0 saturated carbocycles. The summed E-state index contributed by atoms with van der Waals surface area (Å²) >= 11 is 0. The van der Waals surface area contributed by atoms with Crippen molar-refractivity contribution in [1.29, 1.82) is 0 Å². The monoisotopic (exact) mass is 596 g/mol. The van der Waals surface area contributed by atoms with Crippen LogP contribution in [0.2, 0.25) is 0 Å². The van der Waals surface area contributed by atoms with Crippen LogP contribution < -0.4 is 14.2 Å². The molecule has 1 amide bonds. The molecule has 2 unspecified atom stereocenters. The van der Waals surface area contributed by atoms with Gasteiger partial charge in [0, 0.05) is 6.54 Å². The first kappa shape index (κ1) is 32.6. The van der Waals surface area contributed by atoms with Crippen LogP contribution in [0.5, 0.6) is 11.5 Å². The van der Waals surface area contributed by atoms with E-state index in [9.17, 15) is 18.0 Å². The van der Waals surface area contributed by atoms with Crippen molar-refractivity contribution in [1.82, 2.24) is 9.62 Å². The highest BCUT2D eigenvalue weighted by Gasteiger charge is 2.27. The fourth-order valence-electron chi connectivity index (χ4n) is 4.09. The summed E-state index contributed by atoms with van der Waals surface area (Å²) < 4.78 is 45.1. The summed E-state index contributed by atoms with van der Waals surface area (Å²) in [5.74, 6) is 0.0982. The van der Waals surface area contributed by atoms with E-state index in [1.807, 2.05) is 74.5 Å². The summed E-state index contributed by atoms with van der Waals surface area (Å²) in [6, 6.07) is 25.6. The van der Waals surface area contributed by atoms with Crippen molar-refractivity contribution in [3.8, 4) is 11.5 Å². The zero-order valence-corrected chi connectivity index (χ0v) is 25.2. The van der Waals surface area contributed by atoms with E-state index in [1.54, 1.807) is 31.4 Å². The van der Waals surface area contributed by atoms with Crippen LogP contribution in [0.15, 0.2) is 84.9 Å². The maximum Gasteiger partial charge on any atom is 0.411 e. The lowest BCUT2D eigenvalue weighted by atomic mass is 10.0. The Morgan fingerprint density at radius 3 is 2.07 bits per heavy atom. The minimum atomic E-state index is -4.06. The van der Waals surface area contributed by atoms with Crippen molar-refractivity contribution >= 4 is 21.9 Å². The molecule has 0 aliphatic carbocycles. The van der Waals surface area contributed by atoms with Crippen LogP contribution in [0, 0.1) is 5.92 Å². The zero-order chi connectivity index (χ0) is 30.4. The van der Waals surface area contributed by atoms with Crippen LogP contribution in [-0.4, -0.2) is 57.4 Å². The van der Waals surface area contributed by atoms with Crippen LogP contribution in [0.4, 0.5) is 4.79 Å². The van der Waals surface area contributed by atoms with Crippen molar-refractivity contribution in [2.45, 2.75) is 45.8 Å². The molecule has 226 valence electrons. The number of carbonyl (C=O) groups excluding carboxylic acids is 2. The Labute approximate surface area is 248 Å². The molecule has 1 N–H and O–H groups in total. The summed E-state index contributed by atoms with van der Waals surface area (Å²) in [6.07, 6.45) is 0.0339. The molecule has 0 bridgehead atoms. The second-order valence-corrected chi connectivity index (χ2v) is 11.9. The van der Waals surface area contributed by atoms with E-state index >= 15 is 0 Å². The second kappa shape index (κ2) is 16.5. The van der Waals surface area contributed by atoms with E-state index < -0.39 is 40.4 Å². The number of methoxy groups -OCH3 is 1. The fourth-order valence-corrected chi connectivity index (χ4v) is 5.16. The highest BCUT2D eigenvalue weighted by atomic mass is 32.2. The first-order valence-corrected chi connectivity index (χ1v) is 15.6. The molecular formula is C32H40N2O7S. The number of ether oxygens (including phenoxy) is 3. The molecule has 0 heterocycles. The predicted octanol–water partition coefficient (Wildman–Crippen LogP) is 5.21. The van der Waals surface area contributed by atoms with Gasteiger partial charge in [-0.15, -0.1) is 0 Å². The molecule has 42 heavy (non-hydrogen) atoms. The normalized spacial score (nSPS) is 12.6. The highest BCUT2D eigenvalue weighted by Crippen LogP contribution is 2.20. The van der Waals surface area contributed by atoms with E-state index in [2.05, 4.69) is 4.72 Å². The number of nitrogens with one attached hydrogen (secondary N) is 1. The van der Waals surface area contributed by atoms with Gasteiger partial charge in [0.05, 0.1) is 13.7 Å². The van der Waals surface area contributed by atoms with Gasteiger partial charge in [-0.25, -0.2) is 17.9 Å². The molecule has 0 aliphatic rings. The molecule has 0 aromatic heterocycles. The topological polar surface area (TPSA) is 111 Å². The van der Waals surface area contributed by atoms with Crippen molar-refractivity contribution in [2.75, 3.05) is 26.1 Å². The third kappa shape index (κ3) is 11.2. The lowest BCUT2D eigenvalue weighted by molar-refractivity contribution is -0.124. The van der Waals surface area contributed by atoms with Gasteiger partial charge in [0.1, 0.15) is 24.0 Å². The minimum absolute atomic E-state index is 0.0223. The number of Topliss-reactive ketones (excluding diaryl/α,β-unsaturated/α-hetero) is 1. The Morgan fingerprint density at radius 1 is 0.881 bits per heavy atom. The predicted molar refractivity (Wildman–Crippen MR) is 162 cm³/mol. The maximum atomic E-state index is 13.3. The lowest BCUT2D eigenvalue weighted by Gasteiger charge is -2.25. The average molecular weight is 597 g/mol. The molecule has 0 saturated heterocycles. The first-order valence-electron chi connectivity index (χ1n) is 14.0. The quantitative estimate of drug-likeness (QED) is 0.228. The Morgan fingerprint density at radius 2 is 1.48 bits per heavy atom. The number of sulfonamides is 1. The number of ketones is 1. The average Bonchev–Trinajstić information content (AvgIpc) is 3.01. The van der Waals surface area contributed by atoms with Gasteiger partial charge < -0.3 is 14.2 Å². The van der Waals surface area contributed by atoms with E-state index in [0.717, 1.165) is 22.4 Å². The van der Waals surface area contributed by atoms with Crippen LogP contribution in [0.3, 0.4) is 0 Å². The van der Waals surface area contributed by atoms with Gasteiger partial charge in [0.15, 0.2) is 11.9 Å². The summed E-state index contributed by atoms with van der Waals surface area (Å²) in [6.45, 7) is 3.62. The molecule has 2 atom stereocenters. The minimum Gasteiger partial charge on any atom is -0.497 e. The number of benzene rings is 3. The van der Waals surface area contributed by atoms with Gasteiger partial charge in [-0.05, 0) is 54.2 Å². The molecule has 3 rings (SSSR count). The van der Waals surface area contributed by atoms with Gasteiger partial charge in [-0.1, -0.05) is 80.9 Å². The summed E-state index contributed by atoms with van der Waals surface area (Å²) in [7, 11) is -2.50.